The van der Waals surface area contributed by atoms with Gasteiger partial charge in [0.05, 0.1) is 18.9 Å². The lowest BCUT2D eigenvalue weighted by Gasteiger charge is -2.31. The first-order chi connectivity index (χ1) is 14.3. The second-order valence-electron chi connectivity index (χ2n) is 7.25. The predicted molar refractivity (Wildman–Crippen MR) is 105 cm³/mol. The molecule has 1 aliphatic heterocycles. The van der Waals surface area contributed by atoms with Crippen molar-refractivity contribution in [1.82, 2.24) is 19.7 Å². The van der Waals surface area contributed by atoms with Crippen molar-refractivity contribution < 1.29 is 18.7 Å². The molecule has 1 aromatic carbocycles. The minimum Gasteiger partial charge on any atom is -0.503 e. The van der Waals surface area contributed by atoms with Crippen LogP contribution in [-0.2, 0) is 24.2 Å². The Morgan fingerprint density at radius 2 is 1.90 bits per heavy atom. The van der Waals surface area contributed by atoms with Crippen LogP contribution in [0.2, 0.25) is 0 Å². The number of fused-ring (bicyclic) bond motifs is 1. The quantitative estimate of drug-likeness (QED) is 0.665. The van der Waals surface area contributed by atoms with Crippen molar-refractivity contribution in [2.75, 3.05) is 17.3 Å². The van der Waals surface area contributed by atoms with Gasteiger partial charge >= 0.3 is 0 Å². The summed E-state index contributed by atoms with van der Waals surface area (Å²) in [5.41, 5.74) is 1.87. The van der Waals surface area contributed by atoms with E-state index in [9.17, 15) is 18.7 Å². The number of aromatic hydroxyl groups is 1. The highest BCUT2D eigenvalue weighted by Gasteiger charge is 2.28. The zero-order chi connectivity index (χ0) is 21.4. The highest BCUT2D eigenvalue weighted by Crippen LogP contribution is 2.28. The minimum absolute atomic E-state index is 0.0952. The fourth-order valence-electron chi connectivity index (χ4n) is 3.26. The summed E-state index contributed by atoms with van der Waals surface area (Å²) in [6.07, 6.45) is 6.27. The zero-order valence-corrected chi connectivity index (χ0v) is 16.4. The maximum Gasteiger partial charge on any atom is 0.246 e. The van der Waals surface area contributed by atoms with Crippen LogP contribution in [0.3, 0.4) is 0 Å². The van der Waals surface area contributed by atoms with Crippen molar-refractivity contribution in [1.29, 1.82) is 0 Å². The van der Waals surface area contributed by atoms with E-state index in [0.717, 1.165) is 17.7 Å². The minimum atomic E-state index is -1.00. The number of anilines is 2. The Bertz CT molecular complexity index is 1090. The van der Waals surface area contributed by atoms with Gasteiger partial charge in [-0.15, -0.1) is 0 Å². The summed E-state index contributed by atoms with van der Waals surface area (Å²) >= 11 is 0. The van der Waals surface area contributed by atoms with Crippen molar-refractivity contribution >= 4 is 17.4 Å². The molecule has 0 unspecified atom stereocenters. The van der Waals surface area contributed by atoms with E-state index in [1.54, 1.807) is 30.2 Å². The molecule has 1 amide bonds. The Hall–Kier alpha value is -3.56. The van der Waals surface area contributed by atoms with Gasteiger partial charge < -0.3 is 15.3 Å². The van der Waals surface area contributed by atoms with Gasteiger partial charge in [0.1, 0.15) is 17.6 Å². The Morgan fingerprint density at radius 3 is 2.63 bits per heavy atom. The van der Waals surface area contributed by atoms with Crippen LogP contribution in [-0.4, -0.2) is 43.9 Å². The van der Waals surface area contributed by atoms with Crippen molar-refractivity contribution in [3.63, 3.8) is 0 Å². The third-order valence-corrected chi connectivity index (χ3v) is 5.12. The second-order valence-corrected chi connectivity index (χ2v) is 7.25. The van der Waals surface area contributed by atoms with Crippen LogP contribution in [0, 0.1) is 11.6 Å². The highest BCUT2D eigenvalue weighted by molar-refractivity contribution is 6.02. The molecule has 30 heavy (non-hydrogen) atoms. The first-order valence-corrected chi connectivity index (χ1v) is 9.39. The molecule has 0 bridgehead atoms. The molecule has 4 rings (SSSR count). The van der Waals surface area contributed by atoms with Crippen molar-refractivity contribution in [3.05, 3.63) is 59.3 Å². The molecule has 0 spiro atoms. The fourth-order valence-corrected chi connectivity index (χ4v) is 3.26. The second kappa shape index (κ2) is 7.69. The van der Waals surface area contributed by atoms with Gasteiger partial charge in [0, 0.05) is 19.7 Å². The number of likely N-dealkylation sites (N-methyl/N-ethyl adjacent to an activating group) is 1. The number of hydrogen-bond acceptors (Lipinski definition) is 6. The van der Waals surface area contributed by atoms with E-state index < -0.39 is 17.4 Å². The van der Waals surface area contributed by atoms with Gasteiger partial charge in [-0.3, -0.25) is 9.48 Å². The molecule has 1 atom stereocenters. The zero-order valence-electron chi connectivity index (χ0n) is 16.4. The number of aromatic nitrogens is 4. The van der Waals surface area contributed by atoms with Gasteiger partial charge in [0.2, 0.25) is 5.91 Å². The molecule has 0 radical (unpaired) electrons. The average molecular weight is 414 g/mol. The van der Waals surface area contributed by atoms with Crippen molar-refractivity contribution in [3.8, 4) is 5.75 Å². The molecule has 10 heteroatoms. The largest absolute Gasteiger partial charge is 0.503 e. The summed E-state index contributed by atoms with van der Waals surface area (Å²) in [4.78, 5) is 22.6. The lowest BCUT2D eigenvalue weighted by atomic mass is 10.1. The van der Waals surface area contributed by atoms with Gasteiger partial charge in [-0.25, -0.2) is 18.7 Å². The van der Waals surface area contributed by atoms with E-state index >= 15 is 0 Å². The number of phenols is 1. The molecule has 8 nitrogen and oxygen atoms in total. The number of nitrogens with zero attached hydrogens (tertiary/aromatic N) is 5. The van der Waals surface area contributed by atoms with Gasteiger partial charge in [0.25, 0.3) is 0 Å². The lowest BCUT2D eigenvalue weighted by molar-refractivity contribution is -0.117. The van der Waals surface area contributed by atoms with Crippen LogP contribution >= 0.6 is 0 Å². The molecule has 2 N–H and O–H groups in total. The molecule has 2 aromatic heterocycles. The van der Waals surface area contributed by atoms with Gasteiger partial charge in [-0.2, -0.15) is 5.10 Å². The van der Waals surface area contributed by atoms with Crippen molar-refractivity contribution in [2.45, 2.75) is 32.4 Å². The van der Waals surface area contributed by atoms with Crippen LogP contribution in [0.1, 0.15) is 23.9 Å². The summed E-state index contributed by atoms with van der Waals surface area (Å²) in [6.45, 7) is 1.98. The first kappa shape index (κ1) is 19.7. The molecule has 0 saturated carbocycles. The Morgan fingerprint density at radius 1 is 1.17 bits per heavy atom. The number of halogens is 2. The molecule has 0 aliphatic carbocycles. The number of benzene rings is 1. The van der Waals surface area contributed by atoms with Gasteiger partial charge in [-0.1, -0.05) is 0 Å². The van der Waals surface area contributed by atoms with E-state index in [-0.39, 0.29) is 18.5 Å². The summed E-state index contributed by atoms with van der Waals surface area (Å²) in [5.74, 6) is -1.76. The van der Waals surface area contributed by atoms with Crippen molar-refractivity contribution in [2.24, 2.45) is 0 Å². The molecular formula is C20H20F2N6O2. The van der Waals surface area contributed by atoms with Crippen LogP contribution < -0.4 is 10.2 Å². The third kappa shape index (κ3) is 3.80. The number of rotatable bonds is 5. The monoisotopic (exact) mass is 414 g/mol. The lowest BCUT2D eigenvalue weighted by Crippen LogP contribution is -2.44. The fraction of sp³-hybridized carbons (Fsp3) is 0.300. The van der Waals surface area contributed by atoms with E-state index in [2.05, 4.69) is 20.4 Å². The number of nitrogens with one attached hydrogen (secondary N) is 1. The van der Waals surface area contributed by atoms with E-state index in [0.29, 0.717) is 35.7 Å². The molecule has 0 fully saturated rings. The van der Waals surface area contributed by atoms with Crippen LogP contribution in [0.25, 0.3) is 0 Å². The Kier molecular flexibility index (Phi) is 5.06. The number of carbonyl (C=O) groups is 1. The topological polar surface area (TPSA) is 96.2 Å². The normalized spacial score (nSPS) is 15.8. The van der Waals surface area contributed by atoms with Gasteiger partial charge in [0.15, 0.2) is 23.2 Å². The standard InChI is InChI=1S/C20H20F2N6O2/c1-11-20(30)25-16-8-23-17(26-19(16)27(11)2)4-3-12-7-24-28(9-12)10-13-5-14(21)18(29)15(22)6-13/h5-9,11,29H,3-4,10H2,1-2H3,(H,25,30)/t11-/m0/s1. The average Bonchev–Trinajstić information content (AvgIpc) is 3.16. The maximum absolute atomic E-state index is 13.5. The summed E-state index contributed by atoms with van der Waals surface area (Å²) in [7, 11) is 1.82. The summed E-state index contributed by atoms with van der Waals surface area (Å²) in [5, 5.41) is 16.2. The molecular weight excluding hydrogens is 394 g/mol. The highest BCUT2D eigenvalue weighted by atomic mass is 19.1. The molecule has 3 heterocycles. The molecule has 156 valence electrons. The maximum atomic E-state index is 13.5. The predicted octanol–water partition coefficient (Wildman–Crippen LogP) is 2.27. The van der Waals surface area contributed by atoms with Crippen LogP contribution in [0.5, 0.6) is 5.75 Å². The SMILES string of the molecule is C[C@H]1C(=O)Nc2cnc(CCc3cnn(Cc4cc(F)c(O)c(F)c4)c3)nc2N1C. The molecule has 3 aromatic rings. The van der Waals surface area contributed by atoms with E-state index in [1.807, 2.05) is 11.9 Å². The summed E-state index contributed by atoms with van der Waals surface area (Å²) < 4.78 is 28.5. The van der Waals surface area contributed by atoms with Gasteiger partial charge in [-0.05, 0) is 36.6 Å². The number of hydrogen-bond donors (Lipinski definition) is 2. The molecule has 1 aliphatic rings. The molecule has 0 saturated heterocycles. The van der Waals surface area contributed by atoms with Crippen LogP contribution in [0.15, 0.2) is 30.7 Å². The number of carbonyl (C=O) groups excluding carboxylic acids is 1. The van der Waals surface area contributed by atoms with E-state index in [4.69, 9.17) is 0 Å². The third-order valence-electron chi connectivity index (χ3n) is 5.12. The first-order valence-electron chi connectivity index (χ1n) is 9.39. The smallest absolute Gasteiger partial charge is 0.246 e. The number of phenolic OH excluding ortho intramolecular Hbond substituents is 1. The van der Waals surface area contributed by atoms with E-state index in [1.165, 1.54) is 0 Å². The Balaban J connectivity index is 1.42. The number of aryl methyl sites for hydroxylation is 2. The summed E-state index contributed by atoms with van der Waals surface area (Å²) in [6, 6.07) is 1.85. The van der Waals surface area contributed by atoms with Crippen LogP contribution in [0.4, 0.5) is 20.3 Å². The Labute approximate surface area is 171 Å². The number of amides is 1.